The molecule has 0 bridgehead atoms. The van der Waals surface area contributed by atoms with Crippen molar-refractivity contribution in [2.24, 2.45) is 5.92 Å². The van der Waals surface area contributed by atoms with Crippen molar-refractivity contribution < 1.29 is 4.74 Å². The van der Waals surface area contributed by atoms with E-state index in [-0.39, 0.29) is 0 Å². The lowest BCUT2D eigenvalue weighted by atomic mass is 10.1. The van der Waals surface area contributed by atoms with E-state index in [0.717, 1.165) is 25.6 Å². The molecule has 0 spiro atoms. The quantitative estimate of drug-likeness (QED) is 0.722. The Hall–Kier alpha value is -0.120. The fourth-order valence-corrected chi connectivity index (χ4v) is 2.11. The van der Waals surface area contributed by atoms with Gasteiger partial charge in [-0.05, 0) is 26.3 Å². The second-order valence-corrected chi connectivity index (χ2v) is 5.12. The molecule has 3 nitrogen and oxygen atoms in total. The van der Waals surface area contributed by atoms with Gasteiger partial charge in [0.05, 0.1) is 12.7 Å². The van der Waals surface area contributed by atoms with Crippen LogP contribution in [0.25, 0.3) is 0 Å². The molecule has 1 aliphatic heterocycles. The predicted octanol–water partition coefficient (Wildman–Crippen LogP) is 1.34. The van der Waals surface area contributed by atoms with Gasteiger partial charge in [0.1, 0.15) is 0 Å². The molecule has 90 valence electrons. The zero-order valence-electron chi connectivity index (χ0n) is 10.6. The summed E-state index contributed by atoms with van der Waals surface area (Å²) in [5.74, 6) is 0.740. The van der Waals surface area contributed by atoms with E-state index in [4.69, 9.17) is 4.74 Å². The Morgan fingerprint density at radius 2 is 2.20 bits per heavy atom. The van der Waals surface area contributed by atoms with Crippen molar-refractivity contribution in [3.8, 4) is 0 Å². The van der Waals surface area contributed by atoms with Crippen molar-refractivity contribution in [3.05, 3.63) is 0 Å². The highest BCUT2D eigenvalue weighted by Crippen LogP contribution is 2.19. The highest BCUT2D eigenvalue weighted by Gasteiger charge is 2.22. The summed E-state index contributed by atoms with van der Waals surface area (Å²) < 4.78 is 5.57. The molecule has 0 amide bonds. The highest BCUT2D eigenvalue weighted by atomic mass is 16.5. The summed E-state index contributed by atoms with van der Waals surface area (Å²) >= 11 is 0. The summed E-state index contributed by atoms with van der Waals surface area (Å²) in [6.07, 6.45) is 1.69. The van der Waals surface area contributed by atoms with Crippen LogP contribution in [0.2, 0.25) is 0 Å². The number of likely N-dealkylation sites (N-methyl/N-ethyl adjacent to an activating group) is 1. The summed E-state index contributed by atoms with van der Waals surface area (Å²) in [6, 6.07) is 0.591. The van der Waals surface area contributed by atoms with Gasteiger partial charge in [-0.2, -0.15) is 0 Å². The van der Waals surface area contributed by atoms with E-state index in [9.17, 15) is 0 Å². The van der Waals surface area contributed by atoms with Crippen molar-refractivity contribution in [1.29, 1.82) is 0 Å². The van der Waals surface area contributed by atoms with Gasteiger partial charge in [-0.3, -0.25) is 0 Å². The summed E-state index contributed by atoms with van der Waals surface area (Å²) in [4.78, 5) is 2.40. The fourth-order valence-electron chi connectivity index (χ4n) is 2.11. The lowest BCUT2D eigenvalue weighted by Crippen LogP contribution is -2.35. The molecule has 3 heteroatoms. The first-order valence-electron chi connectivity index (χ1n) is 6.11. The van der Waals surface area contributed by atoms with E-state index in [2.05, 4.69) is 38.0 Å². The molecule has 0 aromatic rings. The SMILES string of the molecule is CC(C)NCCN(C)CC1COC(C)C1. The summed E-state index contributed by atoms with van der Waals surface area (Å²) in [5.41, 5.74) is 0. The first-order chi connectivity index (χ1) is 7.08. The highest BCUT2D eigenvalue weighted by molar-refractivity contribution is 4.73. The first kappa shape index (κ1) is 12.9. The fraction of sp³-hybridized carbons (Fsp3) is 1.00. The molecule has 0 saturated carbocycles. The number of hydrogen-bond donors (Lipinski definition) is 1. The Bertz CT molecular complexity index is 173. The second-order valence-electron chi connectivity index (χ2n) is 5.12. The Kier molecular flexibility index (Phi) is 5.58. The molecular formula is C12H26N2O. The molecular weight excluding hydrogens is 188 g/mol. The van der Waals surface area contributed by atoms with Crippen LogP contribution in [-0.2, 0) is 4.74 Å². The molecule has 15 heavy (non-hydrogen) atoms. The van der Waals surface area contributed by atoms with Gasteiger partial charge < -0.3 is 15.0 Å². The predicted molar refractivity (Wildman–Crippen MR) is 64.2 cm³/mol. The van der Waals surface area contributed by atoms with Crippen LogP contribution in [-0.4, -0.2) is 50.3 Å². The summed E-state index contributed by atoms with van der Waals surface area (Å²) in [7, 11) is 2.20. The van der Waals surface area contributed by atoms with E-state index in [1.54, 1.807) is 0 Å². The van der Waals surface area contributed by atoms with Gasteiger partial charge in [-0.15, -0.1) is 0 Å². The molecule has 1 fully saturated rings. The van der Waals surface area contributed by atoms with Gasteiger partial charge in [0.15, 0.2) is 0 Å². The maximum atomic E-state index is 5.57. The van der Waals surface area contributed by atoms with Gasteiger partial charge in [0, 0.05) is 25.7 Å². The minimum Gasteiger partial charge on any atom is -0.378 e. The summed E-state index contributed by atoms with van der Waals surface area (Å²) in [5, 5.41) is 3.44. The normalized spacial score (nSPS) is 26.8. The molecule has 1 N–H and O–H groups in total. The van der Waals surface area contributed by atoms with Crippen LogP contribution in [0.1, 0.15) is 27.2 Å². The number of nitrogens with one attached hydrogen (secondary N) is 1. The smallest absolute Gasteiger partial charge is 0.0551 e. The first-order valence-corrected chi connectivity index (χ1v) is 6.11. The standard InChI is InChI=1S/C12H26N2O/c1-10(2)13-5-6-14(4)8-12-7-11(3)15-9-12/h10-13H,5-9H2,1-4H3. The molecule has 1 aliphatic rings. The van der Waals surface area contributed by atoms with E-state index in [1.165, 1.54) is 13.0 Å². The topological polar surface area (TPSA) is 24.5 Å². The van der Waals surface area contributed by atoms with Crippen LogP contribution in [0, 0.1) is 5.92 Å². The molecule has 0 radical (unpaired) electrons. The number of nitrogens with zero attached hydrogens (tertiary/aromatic N) is 1. The van der Waals surface area contributed by atoms with Crippen LogP contribution in [0.15, 0.2) is 0 Å². The molecule has 1 saturated heterocycles. The van der Waals surface area contributed by atoms with Crippen LogP contribution in [0.3, 0.4) is 0 Å². The number of rotatable bonds is 6. The monoisotopic (exact) mass is 214 g/mol. The zero-order valence-corrected chi connectivity index (χ0v) is 10.6. The molecule has 2 unspecified atom stereocenters. The lowest BCUT2D eigenvalue weighted by molar-refractivity contribution is 0.116. The van der Waals surface area contributed by atoms with Crippen molar-refractivity contribution in [3.63, 3.8) is 0 Å². The minimum absolute atomic E-state index is 0.470. The lowest BCUT2D eigenvalue weighted by Gasteiger charge is -2.20. The molecule has 1 heterocycles. The van der Waals surface area contributed by atoms with Gasteiger partial charge in [0.2, 0.25) is 0 Å². The van der Waals surface area contributed by atoms with Crippen molar-refractivity contribution in [2.75, 3.05) is 33.3 Å². The van der Waals surface area contributed by atoms with Crippen LogP contribution in [0.4, 0.5) is 0 Å². The van der Waals surface area contributed by atoms with Crippen LogP contribution < -0.4 is 5.32 Å². The third-order valence-electron chi connectivity index (χ3n) is 2.90. The van der Waals surface area contributed by atoms with E-state index < -0.39 is 0 Å². The average molecular weight is 214 g/mol. The molecule has 0 aliphatic carbocycles. The Morgan fingerprint density at radius 1 is 1.47 bits per heavy atom. The van der Waals surface area contributed by atoms with Crippen molar-refractivity contribution in [1.82, 2.24) is 10.2 Å². The van der Waals surface area contributed by atoms with E-state index in [0.29, 0.717) is 12.1 Å². The Labute approximate surface area is 94.2 Å². The third-order valence-corrected chi connectivity index (χ3v) is 2.90. The van der Waals surface area contributed by atoms with Crippen molar-refractivity contribution in [2.45, 2.75) is 39.3 Å². The van der Waals surface area contributed by atoms with Gasteiger partial charge in [-0.1, -0.05) is 13.8 Å². The summed E-state index contributed by atoms with van der Waals surface area (Å²) in [6.45, 7) is 10.9. The third kappa shape index (κ3) is 5.50. The minimum atomic E-state index is 0.470. The molecule has 2 atom stereocenters. The average Bonchev–Trinajstić information content (AvgIpc) is 2.50. The van der Waals surface area contributed by atoms with Crippen molar-refractivity contribution >= 4 is 0 Å². The second kappa shape index (κ2) is 6.46. The van der Waals surface area contributed by atoms with E-state index >= 15 is 0 Å². The van der Waals surface area contributed by atoms with Gasteiger partial charge in [-0.25, -0.2) is 0 Å². The number of hydrogen-bond acceptors (Lipinski definition) is 3. The van der Waals surface area contributed by atoms with Crippen LogP contribution >= 0.6 is 0 Å². The Balaban J connectivity index is 2.05. The van der Waals surface area contributed by atoms with Gasteiger partial charge in [0.25, 0.3) is 0 Å². The maximum Gasteiger partial charge on any atom is 0.0551 e. The molecule has 0 aromatic carbocycles. The maximum absolute atomic E-state index is 5.57. The number of ether oxygens (including phenoxy) is 1. The molecule has 1 rings (SSSR count). The van der Waals surface area contributed by atoms with E-state index in [1.807, 2.05) is 0 Å². The largest absolute Gasteiger partial charge is 0.378 e. The zero-order chi connectivity index (χ0) is 11.3. The Morgan fingerprint density at radius 3 is 2.73 bits per heavy atom. The van der Waals surface area contributed by atoms with Crippen LogP contribution in [0.5, 0.6) is 0 Å². The van der Waals surface area contributed by atoms with Gasteiger partial charge >= 0.3 is 0 Å². The molecule has 0 aromatic heterocycles.